The van der Waals surface area contributed by atoms with E-state index >= 15 is 0 Å². The summed E-state index contributed by atoms with van der Waals surface area (Å²) >= 11 is 5.78. The Kier molecular flexibility index (Phi) is 4.21. The molecule has 0 saturated carbocycles. The van der Waals surface area contributed by atoms with Gasteiger partial charge in [-0.2, -0.15) is 0 Å². The molecule has 14 heavy (non-hydrogen) atoms. The third-order valence-corrected chi connectivity index (χ3v) is 2.17. The Bertz CT molecular complexity index is 286. The highest BCUT2D eigenvalue weighted by Crippen LogP contribution is 2.15. The molecular formula is C11H17ClN2. The molecule has 1 heterocycles. The van der Waals surface area contributed by atoms with Gasteiger partial charge in [-0.15, -0.1) is 0 Å². The van der Waals surface area contributed by atoms with Crippen LogP contribution in [0.15, 0.2) is 18.3 Å². The molecule has 0 aliphatic heterocycles. The Labute approximate surface area is 90.7 Å². The molecule has 0 aliphatic carbocycles. The Hall–Kier alpha value is -0.760. The molecule has 0 fully saturated rings. The Morgan fingerprint density at radius 3 is 2.71 bits per heavy atom. The number of aromatic nitrogens is 1. The van der Waals surface area contributed by atoms with Crippen molar-refractivity contribution in [1.29, 1.82) is 0 Å². The smallest absolute Gasteiger partial charge is 0.131 e. The second kappa shape index (κ2) is 5.20. The lowest BCUT2D eigenvalue weighted by Crippen LogP contribution is -2.17. The van der Waals surface area contributed by atoms with Crippen molar-refractivity contribution >= 4 is 17.3 Å². The average Bonchev–Trinajstić information content (AvgIpc) is 2.01. The molecule has 1 atom stereocenters. The maximum atomic E-state index is 5.78. The zero-order chi connectivity index (χ0) is 10.6. The number of nitrogens with one attached hydrogen (secondary N) is 1. The van der Waals surface area contributed by atoms with E-state index in [1.54, 1.807) is 6.20 Å². The van der Waals surface area contributed by atoms with Crippen LogP contribution in [0.1, 0.15) is 27.2 Å². The minimum Gasteiger partial charge on any atom is -0.382 e. The largest absolute Gasteiger partial charge is 0.382 e. The van der Waals surface area contributed by atoms with Gasteiger partial charge >= 0.3 is 0 Å². The van der Waals surface area contributed by atoms with E-state index in [-0.39, 0.29) is 0 Å². The van der Waals surface area contributed by atoms with Gasteiger partial charge in [0, 0.05) is 17.9 Å². The summed E-state index contributed by atoms with van der Waals surface area (Å²) in [6.07, 6.45) is 2.87. The summed E-state index contributed by atoms with van der Waals surface area (Å²) in [6.45, 7) is 6.61. The van der Waals surface area contributed by atoms with Gasteiger partial charge in [-0.3, -0.25) is 0 Å². The van der Waals surface area contributed by atoms with Gasteiger partial charge in [-0.25, -0.2) is 4.98 Å². The molecule has 1 unspecified atom stereocenters. The van der Waals surface area contributed by atoms with Crippen molar-refractivity contribution < 1.29 is 0 Å². The van der Waals surface area contributed by atoms with Crippen molar-refractivity contribution in [2.75, 3.05) is 5.32 Å². The fourth-order valence-corrected chi connectivity index (χ4v) is 1.72. The first kappa shape index (κ1) is 11.3. The summed E-state index contributed by atoms with van der Waals surface area (Å²) in [5, 5.41) is 3.92. The number of hydrogen-bond donors (Lipinski definition) is 1. The van der Waals surface area contributed by atoms with Crippen molar-refractivity contribution in [2.24, 2.45) is 5.92 Å². The van der Waals surface area contributed by atoms with Crippen molar-refractivity contribution in [3.05, 3.63) is 23.5 Å². The highest BCUT2D eigenvalue weighted by Gasteiger charge is 2.04. The Morgan fingerprint density at radius 1 is 1.43 bits per heavy atom. The predicted molar refractivity (Wildman–Crippen MR) is 61.8 cm³/mol. The van der Waals surface area contributed by atoms with Crippen LogP contribution in [0.3, 0.4) is 0 Å². The maximum Gasteiger partial charge on any atom is 0.131 e. The second-order valence-electron chi connectivity index (χ2n) is 4.04. The maximum absolute atomic E-state index is 5.78. The van der Waals surface area contributed by atoms with Crippen LogP contribution in [-0.4, -0.2) is 11.0 Å². The lowest BCUT2D eigenvalue weighted by atomic mass is 10.1. The molecular weight excluding hydrogens is 196 g/mol. The van der Waals surface area contributed by atoms with Gasteiger partial charge in [-0.05, 0) is 31.4 Å². The molecule has 0 aliphatic rings. The van der Waals surface area contributed by atoms with Crippen molar-refractivity contribution in [1.82, 2.24) is 4.98 Å². The third kappa shape index (κ3) is 3.97. The third-order valence-electron chi connectivity index (χ3n) is 1.96. The molecule has 0 radical (unpaired) electrons. The molecule has 2 nitrogen and oxygen atoms in total. The van der Waals surface area contributed by atoms with Gasteiger partial charge in [0.25, 0.3) is 0 Å². The predicted octanol–water partition coefficient (Wildman–Crippen LogP) is 3.58. The Morgan fingerprint density at radius 2 is 2.14 bits per heavy atom. The SMILES string of the molecule is CC(C)CC(C)Nc1ccnc(Cl)c1. The monoisotopic (exact) mass is 212 g/mol. The van der Waals surface area contributed by atoms with E-state index in [0.717, 1.165) is 12.1 Å². The van der Waals surface area contributed by atoms with E-state index in [1.807, 2.05) is 12.1 Å². The molecule has 1 aromatic heterocycles. The lowest BCUT2D eigenvalue weighted by molar-refractivity contribution is 0.540. The van der Waals surface area contributed by atoms with Crippen LogP contribution in [0.4, 0.5) is 5.69 Å². The van der Waals surface area contributed by atoms with Crippen LogP contribution < -0.4 is 5.32 Å². The van der Waals surface area contributed by atoms with Gasteiger partial charge in [0.1, 0.15) is 5.15 Å². The van der Waals surface area contributed by atoms with E-state index < -0.39 is 0 Å². The average molecular weight is 213 g/mol. The topological polar surface area (TPSA) is 24.9 Å². The molecule has 1 N–H and O–H groups in total. The summed E-state index contributed by atoms with van der Waals surface area (Å²) in [5.41, 5.74) is 1.04. The zero-order valence-corrected chi connectivity index (χ0v) is 9.67. The number of anilines is 1. The summed E-state index contributed by atoms with van der Waals surface area (Å²) in [5.74, 6) is 0.704. The van der Waals surface area contributed by atoms with Crippen LogP contribution in [0, 0.1) is 5.92 Å². The normalized spacial score (nSPS) is 12.9. The lowest BCUT2D eigenvalue weighted by Gasteiger charge is -2.17. The fraction of sp³-hybridized carbons (Fsp3) is 0.545. The highest BCUT2D eigenvalue weighted by atomic mass is 35.5. The van der Waals surface area contributed by atoms with Crippen LogP contribution in [0.5, 0.6) is 0 Å². The minimum absolute atomic E-state index is 0.466. The van der Waals surface area contributed by atoms with Gasteiger partial charge in [0.15, 0.2) is 0 Å². The van der Waals surface area contributed by atoms with Gasteiger partial charge < -0.3 is 5.32 Å². The fourth-order valence-electron chi connectivity index (χ4n) is 1.54. The molecule has 78 valence electrons. The Balaban J connectivity index is 2.51. The van der Waals surface area contributed by atoms with Crippen molar-refractivity contribution in [3.63, 3.8) is 0 Å². The summed E-state index contributed by atoms with van der Waals surface area (Å²) < 4.78 is 0. The second-order valence-corrected chi connectivity index (χ2v) is 4.43. The molecule has 0 bridgehead atoms. The van der Waals surface area contributed by atoms with E-state index in [4.69, 9.17) is 11.6 Å². The standard InChI is InChI=1S/C11H17ClN2/c1-8(2)6-9(3)14-10-4-5-13-11(12)7-10/h4-5,7-9H,6H2,1-3H3,(H,13,14). The molecule has 1 aromatic rings. The van der Waals surface area contributed by atoms with Gasteiger partial charge in [0.05, 0.1) is 0 Å². The van der Waals surface area contributed by atoms with E-state index in [9.17, 15) is 0 Å². The highest BCUT2D eigenvalue weighted by molar-refractivity contribution is 6.29. The molecule has 0 amide bonds. The van der Waals surface area contributed by atoms with Gasteiger partial charge in [0.2, 0.25) is 0 Å². The van der Waals surface area contributed by atoms with E-state index in [2.05, 4.69) is 31.1 Å². The number of pyridine rings is 1. The quantitative estimate of drug-likeness (QED) is 0.772. The van der Waals surface area contributed by atoms with Crippen molar-refractivity contribution in [2.45, 2.75) is 33.2 Å². The van der Waals surface area contributed by atoms with Crippen LogP contribution in [0.25, 0.3) is 0 Å². The zero-order valence-electron chi connectivity index (χ0n) is 8.92. The first-order chi connectivity index (χ1) is 6.58. The van der Waals surface area contributed by atoms with Crippen LogP contribution in [0.2, 0.25) is 5.15 Å². The number of hydrogen-bond acceptors (Lipinski definition) is 2. The number of rotatable bonds is 4. The van der Waals surface area contributed by atoms with Crippen molar-refractivity contribution in [3.8, 4) is 0 Å². The summed E-state index contributed by atoms with van der Waals surface area (Å²) in [7, 11) is 0. The summed E-state index contributed by atoms with van der Waals surface area (Å²) in [4.78, 5) is 3.93. The molecule has 0 aromatic carbocycles. The number of halogens is 1. The minimum atomic E-state index is 0.466. The van der Waals surface area contributed by atoms with E-state index in [1.165, 1.54) is 0 Å². The van der Waals surface area contributed by atoms with E-state index in [0.29, 0.717) is 17.1 Å². The first-order valence-electron chi connectivity index (χ1n) is 4.96. The van der Waals surface area contributed by atoms with Crippen LogP contribution >= 0.6 is 11.6 Å². The first-order valence-corrected chi connectivity index (χ1v) is 5.34. The van der Waals surface area contributed by atoms with Crippen LogP contribution in [-0.2, 0) is 0 Å². The molecule has 0 saturated heterocycles. The molecule has 0 spiro atoms. The van der Waals surface area contributed by atoms with Gasteiger partial charge in [-0.1, -0.05) is 25.4 Å². The number of nitrogens with zero attached hydrogens (tertiary/aromatic N) is 1. The molecule has 1 rings (SSSR count). The molecule has 3 heteroatoms. The summed E-state index contributed by atoms with van der Waals surface area (Å²) in [6, 6.07) is 4.25.